The normalized spacial score (nSPS) is 16.4. The summed E-state index contributed by atoms with van der Waals surface area (Å²) in [6.45, 7) is 0.827. The highest BCUT2D eigenvalue weighted by atomic mass is 15.3. The van der Waals surface area contributed by atoms with Crippen molar-refractivity contribution in [2.24, 2.45) is 4.99 Å². The van der Waals surface area contributed by atoms with Crippen molar-refractivity contribution in [1.29, 1.82) is 0 Å². The minimum atomic E-state index is 0.105. The molecule has 0 saturated carbocycles. The fourth-order valence-electron chi connectivity index (χ4n) is 7.45. The molecule has 1 N–H and O–H groups in total. The number of aromatic nitrogens is 2. The number of aromatic amines is 1. The Balaban J connectivity index is 1.34. The highest BCUT2D eigenvalue weighted by molar-refractivity contribution is 6.38. The van der Waals surface area contributed by atoms with Crippen molar-refractivity contribution in [3.63, 3.8) is 0 Å². The zero-order valence-corrected chi connectivity index (χ0v) is 23.3. The van der Waals surface area contributed by atoms with E-state index in [0.717, 1.165) is 17.9 Å². The summed E-state index contributed by atoms with van der Waals surface area (Å²) < 4.78 is 2.51. The number of fused-ring (bicyclic) bond motifs is 13. The van der Waals surface area contributed by atoms with E-state index in [4.69, 9.17) is 4.99 Å². The van der Waals surface area contributed by atoms with Crippen LogP contribution in [0.3, 0.4) is 0 Å². The molecule has 0 fully saturated rings. The van der Waals surface area contributed by atoms with Gasteiger partial charge in [0.25, 0.3) is 0 Å². The third-order valence-electron chi connectivity index (χ3n) is 9.35. The van der Waals surface area contributed by atoms with Gasteiger partial charge in [0.2, 0.25) is 0 Å². The quantitative estimate of drug-likeness (QED) is 0.229. The Morgan fingerprint density at radius 3 is 2.26 bits per heavy atom. The Bertz CT molecular complexity index is 2540. The van der Waals surface area contributed by atoms with E-state index in [1.54, 1.807) is 0 Å². The second-order valence-electron chi connectivity index (χ2n) is 11.6. The number of hydrogen-bond donors (Lipinski definition) is 1. The van der Waals surface area contributed by atoms with E-state index in [9.17, 15) is 0 Å². The first-order chi connectivity index (χ1) is 21.3. The largest absolute Gasteiger partial charge is 0.354 e. The molecule has 43 heavy (non-hydrogen) atoms. The first-order valence-corrected chi connectivity index (χ1v) is 14.9. The number of allylic oxidation sites excluding steroid dienone is 2. The van der Waals surface area contributed by atoms with Crippen LogP contribution in [-0.4, -0.2) is 32.9 Å². The lowest BCUT2D eigenvalue weighted by Gasteiger charge is -2.19. The molecular weight excluding hydrogens is 524 g/mol. The number of nitrogens with zero attached hydrogens (tertiary/aromatic N) is 3. The van der Waals surface area contributed by atoms with Crippen molar-refractivity contribution in [2.75, 3.05) is 6.54 Å². The summed E-state index contributed by atoms with van der Waals surface area (Å²) in [5, 5.41) is 10.1. The molecule has 0 radical (unpaired) electrons. The number of nitrogens with one attached hydrogen (secondary N) is 1. The highest BCUT2D eigenvalue weighted by Crippen LogP contribution is 2.46. The van der Waals surface area contributed by atoms with E-state index in [1.807, 2.05) is 0 Å². The zero-order valence-electron chi connectivity index (χ0n) is 23.3. The van der Waals surface area contributed by atoms with Crippen LogP contribution in [0.4, 0.5) is 0 Å². The van der Waals surface area contributed by atoms with Crippen LogP contribution in [-0.2, 0) is 0 Å². The van der Waals surface area contributed by atoms with Crippen LogP contribution in [0, 0.1) is 0 Å². The van der Waals surface area contributed by atoms with Crippen LogP contribution < -0.4 is 0 Å². The maximum atomic E-state index is 5.01. The number of aliphatic imine (C=N–C) groups is 1. The summed E-state index contributed by atoms with van der Waals surface area (Å²) in [6.07, 6.45) is 8.56. The predicted molar refractivity (Wildman–Crippen MR) is 180 cm³/mol. The van der Waals surface area contributed by atoms with Gasteiger partial charge in [0.05, 0.1) is 28.8 Å². The van der Waals surface area contributed by atoms with Crippen molar-refractivity contribution in [2.45, 2.75) is 6.17 Å². The lowest BCUT2D eigenvalue weighted by Crippen LogP contribution is -2.25. The fourth-order valence-corrected chi connectivity index (χ4v) is 7.45. The Morgan fingerprint density at radius 1 is 0.628 bits per heavy atom. The van der Waals surface area contributed by atoms with Crippen molar-refractivity contribution >= 4 is 70.9 Å². The van der Waals surface area contributed by atoms with Gasteiger partial charge in [0.15, 0.2) is 0 Å². The smallest absolute Gasteiger partial charge is 0.140 e. The maximum absolute atomic E-state index is 5.01. The Morgan fingerprint density at radius 2 is 1.40 bits per heavy atom. The molecule has 2 aliphatic heterocycles. The number of benzene rings is 6. The SMILES string of the molecule is C1=CC2N=C(c3ccc(-n4c5c6ccccc6ccc5c5c6c7ccccc7[nH]c6c6ccccc6c54)cc3)CN2C=C1. The van der Waals surface area contributed by atoms with Crippen LogP contribution in [0.15, 0.2) is 139 Å². The van der Waals surface area contributed by atoms with Crippen molar-refractivity contribution < 1.29 is 0 Å². The highest BCUT2D eigenvalue weighted by Gasteiger charge is 2.25. The van der Waals surface area contributed by atoms with E-state index in [2.05, 4.69) is 148 Å². The van der Waals surface area contributed by atoms with Crippen LogP contribution >= 0.6 is 0 Å². The fraction of sp³-hybridized carbons (Fsp3) is 0.0513. The number of rotatable bonds is 2. The molecule has 8 aromatic rings. The summed E-state index contributed by atoms with van der Waals surface area (Å²) in [5.41, 5.74) is 8.32. The third-order valence-corrected chi connectivity index (χ3v) is 9.35. The summed E-state index contributed by atoms with van der Waals surface area (Å²) in [6, 6.07) is 39.9. The second kappa shape index (κ2) is 8.46. The molecule has 1 unspecified atom stereocenters. The third kappa shape index (κ3) is 3.12. The minimum absolute atomic E-state index is 0.105. The molecule has 0 amide bonds. The number of para-hydroxylation sites is 1. The van der Waals surface area contributed by atoms with E-state index in [-0.39, 0.29) is 6.17 Å². The summed E-state index contributed by atoms with van der Waals surface area (Å²) >= 11 is 0. The Kier molecular flexibility index (Phi) is 4.53. The average molecular weight is 551 g/mol. The Labute approximate surface area is 247 Å². The van der Waals surface area contributed by atoms with Gasteiger partial charge in [-0.05, 0) is 41.3 Å². The average Bonchev–Trinajstić information content (AvgIpc) is 3.77. The molecule has 0 aliphatic carbocycles. The molecule has 0 saturated heterocycles. The summed E-state index contributed by atoms with van der Waals surface area (Å²) in [7, 11) is 0. The first-order valence-electron chi connectivity index (χ1n) is 14.9. The molecule has 1 atom stereocenters. The molecule has 4 heteroatoms. The summed E-state index contributed by atoms with van der Waals surface area (Å²) in [5.74, 6) is 0. The second-order valence-corrected chi connectivity index (χ2v) is 11.6. The molecule has 10 rings (SSSR count). The van der Waals surface area contributed by atoms with Gasteiger partial charge in [-0.15, -0.1) is 0 Å². The molecule has 2 aliphatic rings. The van der Waals surface area contributed by atoms with Crippen molar-refractivity contribution in [1.82, 2.24) is 14.5 Å². The maximum Gasteiger partial charge on any atom is 0.140 e. The lowest BCUT2D eigenvalue weighted by atomic mass is 9.98. The molecular formula is C39H26N4. The van der Waals surface area contributed by atoms with Crippen LogP contribution in [0.25, 0.3) is 70.8 Å². The monoisotopic (exact) mass is 550 g/mol. The van der Waals surface area contributed by atoms with Gasteiger partial charge >= 0.3 is 0 Å². The van der Waals surface area contributed by atoms with Crippen molar-refractivity contribution in [3.8, 4) is 5.69 Å². The standard InChI is InChI=1S/C39H26N4/c1-2-10-27-24(9-1)18-21-31-36-35-30-13-5-6-14-32(30)41-37(35)28-11-3-4-12-29(28)39(36)43(38(27)31)26-19-16-25(17-20-26)33-23-42-22-8-7-15-34(42)40-33/h1-22,34,41H,23H2. The number of hydrogen-bond acceptors (Lipinski definition) is 2. The predicted octanol–water partition coefficient (Wildman–Crippen LogP) is 9.24. The molecule has 202 valence electrons. The van der Waals surface area contributed by atoms with Crippen LogP contribution in [0.5, 0.6) is 0 Å². The van der Waals surface area contributed by atoms with Gasteiger partial charge < -0.3 is 14.5 Å². The first kappa shape index (κ1) is 23.0. The van der Waals surface area contributed by atoms with Gasteiger partial charge in [-0.25, -0.2) is 0 Å². The minimum Gasteiger partial charge on any atom is -0.354 e. The van der Waals surface area contributed by atoms with E-state index >= 15 is 0 Å². The lowest BCUT2D eigenvalue weighted by molar-refractivity contribution is 0.393. The van der Waals surface area contributed by atoms with E-state index in [0.29, 0.717) is 0 Å². The van der Waals surface area contributed by atoms with Crippen LogP contribution in [0.2, 0.25) is 0 Å². The van der Waals surface area contributed by atoms with Crippen molar-refractivity contribution in [3.05, 3.63) is 139 Å². The summed E-state index contributed by atoms with van der Waals surface area (Å²) in [4.78, 5) is 11.1. The number of H-pyrrole nitrogens is 1. The molecule has 0 spiro atoms. The van der Waals surface area contributed by atoms with Crippen LogP contribution in [0.1, 0.15) is 5.56 Å². The molecule has 6 aromatic carbocycles. The van der Waals surface area contributed by atoms with Gasteiger partial charge in [-0.3, -0.25) is 4.99 Å². The topological polar surface area (TPSA) is 36.3 Å². The van der Waals surface area contributed by atoms with E-state index in [1.165, 1.54) is 70.7 Å². The molecule has 2 aromatic heterocycles. The van der Waals surface area contributed by atoms with Gasteiger partial charge in [-0.1, -0.05) is 97.1 Å². The Hall–Kier alpha value is -5.61. The van der Waals surface area contributed by atoms with Gasteiger partial charge in [0, 0.05) is 55.1 Å². The molecule has 4 nitrogen and oxygen atoms in total. The van der Waals surface area contributed by atoms with Gasteiger partial charge in [0.1, 0.15) is 6.17 Å². The van der Waals surface area contributed by atoms with E-state index < -0.39 is 0 Å². The molecule has 4 heterocycles. The van der Waals surface area contributed by atoms with Gasteiger partial charge in [-0.2, -0.15) is 0 Å². The zero-order chi connectivity index (χ0) is 28.1. The molecule has 0 bridgehead atoms.